The first kappa shape index (κ1) is 19.1. The van der Waals surface area contributed by atoms with Crippen molar-refractivity contribution in [1.29, 1.82) is 0 Å². The normalized spacial score (nSPS) is 16.2. The predicted molar refractivity (Wildman–Crippen MR) is 107 cm³/mol. The third-order valence-electron chi connectivity index (χ3n) is 5.59. The van der Waals surface area contributed by atoms with E-state index >= 15 is 0 Å². The number of para-hydroxylation sites is 1. The minimum Gasteiger partial charge on any atom is -0.323 e. The van der Waals surface area contributed by atoms with E-state index < -0.39 is 11.6 Å². The van der Waals surface area contributed by atoms with Crippen molar-refractivity contribution in [2.45, 2.75) is 51.6 Å². The van der Waals surface area contributed by atoms with Crippen LogP contribution >= 0.6 is 0 Å². The van der Waals surface area contributed by atoms with E-state index in [9.17, 15) is 14.4 Å². The zero-order valence-corrected chi connectivity index (χ0v) is 16.8. The van der Waals surface area contributed by atoms with Crippen LogP contribution in [0.5, 0.6) is 0 Å². The topological polar surface area (TPSA) is 102 Å². The van der Waals surface area contributed by atoms with Crippen molar-refractivity contribution >= 4 is 28.6 Å². The first-order chi connectivity index (χ1) is 13.9. The molecule has 0 radical (unpaired) electrons. The van der Waals surface area contributed by atoms with E-state index in [0.29, 0.717) is 35.3 Å². The molecular formula is C20H24N6O3. The third-order valence-corrected chi connectivity index (χ3v) is 5.59. The monoisotopic (exact) mass is 396 g/mol. The molecule has 2 aromatic heterocycles. The van der Waals surface area contributed by atoms with Crippen molar-refractivity contribution in [2.75, 3.05) is 0 Å². The summed E-state index contributed by atoms with van der Waals surface area (Å²) in [7, 11) is 1.63. The number of hydrogen-bond donors (Lipinski definition) is 1. The van der Waals surface area contributed by atoms with Gasteiger partial charge in [0.15, 0.2) is 5.82 Å². The highest BCUT2D eigenvalue weighted by Crippen LogP contribution is 2.29. The average Bonchev–Trinajstić information content (AvgIpc) is 3.22. The zero-order valence-electron chi connectivity index (χ0n) is 16.8. The maximum absolute atomic E-state index is 13.2. The van der Waals surface area contributed by atoms with E-state index in [0.717, 1.165) is 12.8 Å². The van der Waals surface area contributed by atoms with Crippen LogP contribution in [-0.2, 0) is 18.4 Å². The fourth-order valence-corrected chi connectivity index (χ4v) is 4.27. The fourth-order valence-electron chi connectivity index (χ4n) is 4.27. The molecule has 1 aliphatic rings. The van der Waals surface area contributed by atoms with Crippen LogP contribution in [0.2, 0.25) is 0 Å². The Bertz CT molecular complexity index is 1170. The van der Waals surface area contributed by atoms with Gasteiger partial charge in [0.05, 0.1) is 17.4 Å². The highest BCUT2D eigenvalue weighted by molar-refractivity contribution is 6.06. The number of amides is 3. The summed E-state index contributed by atoms with van der Waals surface area (Å²) >= 11 is 0. The Morgan fingerprint density at radius 2 is 1.72 bits per heavy atom. The van der Waals surface area contributed by atoms with Crippen LogP contribution in [0.4, 0.5) is 4.79 Å². The molecule has 0 spiro atoms. The summed E-state index contributed by atoms with van der Waals surface area (Å²) in [5.41, 5.74) is -0.381. The minimum atomic E-state index is -0.851. The lowest BCUT2D eigenvalue weighted by Crippen LogP contribution is -2.46. The molecule has 1 saturated heterocycles. The Hall–Kier alpha value is -3.23. The largest absolute Gasteiger partial charge is 0.325 e. The Balaban J connectivity index is 1.80. The zero-order chi connectivity index (χ0) is 20.8. The number of nitrogens with zero attached hydrogens (tertiary/aromatic N) is 5. The molecule has 3 amide bonds. The van der Waals surface area contributed by atoms with Crippen LogP contribution in [0.15, 0.2) is 29.1 Å². The number of carbonyl (C=O) groups excluding carboxylic acids is 2. The number of hydrogen-bond acceptors (Lipinski definition) is 5. The third kappa shape index (κ3) is 2.80. The van der Waals surface area contributed by atoms with Gasteiger partial charge >= 0.3 is 6.03 Å². The van der Waals surface area contributed by atoms with Crippen LogP contribution in [0.1, 0.15) is 45.4 Å². The number of carbonyl (C=O) groups is 2. The van der Waals surface area contributed by atoms with Crippen LogP contribution in [-0.4, -0.2) is 41.5 Å². The van der Waals surface area contributed by atoms with Gasteiger partial charge in [0.25, 0.3) is 11.5 Å². The lowest BCUT2D eigenvalue weighted by atomic mass is 9.88. The molecule has 29 heavy (non-hydrogen) atoms. The van der Waals surface area contributed by atoms with Gasteiger partial charge in [-0.25, -0.2) is 4.79 Å². The molecule has 0 bridgehead atoms. The van der Waals surface area contributed by atoms with Gasteiger partial charge in [-0.15, -0.1) is 10.2 Å². The van der Waals surface area contributed by atoms with Gasteiger partial charge in [-0.2, -0.15) is 0 Å². The molecule has 152 valence electrons. The van der Waals surface area contributed by atoms with Gasteiger partial charge in [0.1, 0.15) is 5.54 Å². The van der Waals surface area contributed by atoms with E-state index in [-0.39, 0.29) is 18.0 Å². The summed E-state index contributed by atoms with van der Waals surface area (Å²) in [6.07, 6.45) is 2.78. The van der Waals surface area contributed by atoms with Gasteiger partial charge < -0.3 is 5.32 Å². The Morgan fingerprint density at radius 1 is 1.03 bits per heavy atom. The predicted octanol–water partition coefficient (Wildman–Crippen LogP) is 1.97. The summed E-state index contributed by atoms with van der Waals surface area (Å²) in [6, 6.07) is 6.75. The molecule has 1 aromatic carbocycles. The van der Waals surface area contributed by atoms with Crippen LogP contribution < -0.4 is 10.9 Å². The smallest absolute Gasteiger partial charge is 0.323 e. The molecule has 0 atom stereocenters. The lowest BCUT2D eigenvalue weighted by molar-refractivity contribution is -0.132. The maximum atomic E-state index is 13.2. The summed E-state index contributed by atoms with van der Waals surface area (Å²) in [5.74, 6) is 0.570. The summed E-state index contributed by atoms with van der Waals surface area (Å²) < 4.78 is 3.15. The van der Waals surface area contributed by atoms with Crippen LogP contribution in [0, 0.1) is 0 Å². The SMILES string of the molecule is CCCC1(CCC)NC(=O)N(Cc2nnc3n(C)c(=O)c4ccccc4n23)C1=O. The highest BCUT2D eigenvalue weighted by Gasteiger charge is 2.50. The van der Waals surface area contributed by atoms with Crippen molar-refractivity contribution in [3.8, 4) is 0 Å². The Labute approximate surface area is 167 Å². The first-order valence-electron chi connectivity index (χ1n) is 9.89. The van der Waals surface area contributed by atoms with E-state index in [1.807, 2.05) is 19.9 Å². The first-order valence-corrected chi connectivity index (χ1v) is 9.89. The van der Waals surface area contributed by atoms with Gasteiger partial charge in [-0.05, 0) is 25.0 Å². The summed E-state index contributed by atoms with van der Waals surface area (Å²) in [4.78, 5) is 39.7. The number of fused-ring (bicyclic) bond motifs is 3. The van der Waals surface area contributed by atoms with E-state index in [4.69, 9.17) is 0 Å². The second-order valence-electron chi connectivity index (χ2n) is 7.54. The van der Waals surface area contributed by atoms with Gasteiger partial charge in [0.2, 0.25) is 5.78 Å². The minimum absolute atomic E-state index is 0.0107. The van der Waals surface area contributed by atoms with Crippen molar-refractivity contribution in [3.05, 3.63) is 40.4 Å². The number of aryl methyl sites for hydroxylation is 1. The molecule has 3 heterocycles. The van der Waals surface area contributed by atoms with E-state index in [1.165, 1.54) is 9.47 Å². The second-order valence-corrected chi connectivity index (χ2v) is 7.54. The molecule has 1 fully saturated rings. The maximum Gasteiger partial charge on any atom is 0.325 e. The summed E-state index contributed by atoms with van der Waals surface area (Å²) in [5, 5.41) is 11.8. The molecule has 0 unspecified atom stereocenters. The number of rotatable bonds is 6. The lowest BCUT2D eigenvalue weighted by Gasteiger charge is -2.25. The number of urea groups is 1. The number of benzene rings is 1. The molecular weight excluding hydrogens is 372 g/mol. The van der Waals surface area contributed by atoms with Crippen molar-refractivity contribution in [3.63, 3.8) is 0 Å². The molecule has 9 heteroatoms. The molecule has 1 N–H and O–H groups in total. The molecule has 1 aliphatic heterocycles. The van der Waals surface area contributed by atoms with Gasteiger partial charge in [-0.3, -0.25) is 23.5 Å². The van der Waals surface area contributed by atoms with Crippen molar-refractivity contribution < 1.29 is 9.59 Å². The highest BCUT2D eigenvalue weighted by atomic mass is 16.2. The molecule has 3 aromatic rings. The average molecular weight is 396 g/mol. The number of aromatic nitrogens is 4. The molecule has 0 saturated carbocycles. The van der Waals surface area contributed by atoms with Crippen molar-refractivity contribution in [1.82, 2.24) is 29.4 Å². The summed E-state index contributed by atoms with van der Waals surface area (Å²) in [6.45, 7) is 3.99. The van der Waals surface area contributed by atoms with E-state index in [1.54, 1.807) is 29.6 Å². The van der Waals surface area contributed by atoms with Crippen LogP contribution in [0.3, 0.4) is 0 Å². The number of nitrogens with one attached hydrogen (secondary N) is 1. The molecule has 0 aliphatic carbocycles. The second kappa shape index (κ2) is 6.98. The van der Waals surface area contributed by atoms with Gasteiger partial charge in [-0.1, -0.05) is 38.8 Å². The standard InChI is InChI=1S/C20H24N6O3/c1-4-10-20(11-5-2)17(28)25(19(29)21-20)12-15-22-23-18-24(3)16(27)13-8-6-7-9-14(13)26(15)18/h6-9H,4-5,10-12H2,1-3H3,(H,21,29). The quantitative estimate of drug-likeness (QED) is 0.642. The van der Waals surface area contributed by atoms with Crippen molar-refractivity contribution in [2.24, 2.45) is 7.05 Å². The fraction of sp³-hybridized carbons (Fsp3) is 0.450. The van der Waals surface area contributed by atoms with Crippen LogP contribution in [0.25, 0.3) is 16.7 Å². The van der Waals surface area contributed by atoms with E-state index in [2.05, 4.69) is 15.5 Å². The number of imide groups is 1. The molecule has 9 nitrogen and oxygen atoms in total. The van der Waals surface area contributed by atoms with Gasteiger partial charge in [0, 0.05) is 7.05 Å². The Morgan fingerprint density at radius 3 is 2.41 bits per heavy atom. The Kier molecular flexibility index (Phi) is 4.60. The molecule has 4 rings (SSSR count).